The Kier molecular flexibility index (Phi) is 5.51. The van der Waals surface area contributed by atoms with Gasteiger partial charge in [-0.25, -0.2) is 4.39 Å². The number of hydrogen-bond acceptors (Lipinski definition) is 4. The van der Waals surface area contributed by atoms with Crippen LogP contribution in [-0.2, 0) is 6.61 Å². The molecule has 0 bridgehead atoms. The van der Waals surface area contributed by atoms with Crippen LogP contribution in [0.2, 0.25) is 0 Å². The van der Waals surface area contributed by atoms with Crippen LogP contribution in [0.15, 0.2) is 52.7 Å². The van der Waals surface area contributed by atoms with Crippen molar-refractivity contribution in [3.8, 4) is 11.5 Å². The fraction of sp³-hybridized carbons (Fsp3) is 0.125. The van der Waals surface area contributed by atoms with Crippen molar-refractivity contribution in [2.75, 3.05) is 7.11 Å². The maximum atomic E-state index is 13.6. The zero-order valence-corrected chi connectivity index (χ0v) is 12.6. The Hall–Kier alpha value is -3.09. The molecule has 0 radical (unpaired) electrons. The zero-order valence-electron chi connectivity index (χ0n) is 12.6. The summed E-state index contributed by atoms with van der Waals surface area (Å²) < 4.78 is 24.4. The van der Waals surface area contributed by atoms with Crippen LogP contribution in [-0.4, -0.2) is 19.3 Å². The first-order valence-corrected chi connectivity index (χ1v) is 6.76. The minimum absolute atomic E-state index is 0.127. The first-order valence-electron chi connectivity index (χ1n) is 6.76. The summed E-state index contributed by atoms with van der Waals surface area (Å²) in [5, 5.41) is 7.27. The molecule has 0 atom stereocenters. The van der Waals surface area contributed by atoms with Crippen LogP contribution in [0.4, 0.5) is 4.39 Å². The van der Waals surface area contributed by atoms with Crippen LogP contribution < -0.4 is 20.9 Å². The summed E-state index contributed by atoms with van der Waals surface area (Å²) >= 11 is 0. The lowest BCUT2D eigenvalue weighted by Crippen LogP contribution is -2.21. The lowest BCUT2D eigenvalue weighted by molar-refractivity contribution is 0.282. The first kappa shape index (κ1) is 16.3. The van der Waals surface area contributed by atoms with Crippen molar-refractivity contribution in [2.45, 2.75) is 6.61 Å². The zero-order chi connectivity index (χ0) is 16.7. The molecular weight excluding hydrogens is 299 g/mol. The quantitative estimate of drug-likeness (QED) is 0.484. The largest absolute Gasteiger partial charge is 0.496 e. The molecule has 0 aliphatic rings. The number of guanidine groups is 1. The van der Waals surface area contributed by atoms with Gasteiger partial charge in [0, 0.05) is 5.56 Å². The van der Waals surface area contributed by atoms with Gasteiger partial charge in [-0.2, -0.15) is 5.10 Å². The van der Waals surface area contributed by atoms with Crippen molar-refractivity contribution in [3.63, 3.8) is 0 Å². The summed E-state index contributed by atoms with van der Waals surface area (Å²) in [7, 11) is 1.55. The molecule has 4 N–H and O–H groups in total. The van der Waals surface area contributed by atoms with Gasteiger partial charge in [-0.05, 0) is 35.9 Å². The second-order valence-corrected chi connectivity index (χ2v) is 4.56. The average Bonchev–Trinajstić information content (AvgIpc) is 2.54. The fourth-order valence-electron chi connectivity index (χ4n) is 1.87. The molecule has 0 heterocycles. The highest BCUT2D eigenvalue weighted by molar-refractivity contribution is 5.82. The maximum absolute atomic E-state index is 13.6. The summed E-state index contributed by atoms with van der Waals surface area (Å²) in [6, 6.07) is 11.5. The third-order valence-corrected chi connectivity index (χ3v) is 2.90. The van der Waals surface area contributed by atoms with E-state index >= 15 is 0 Å². The second kappa shape index (κ2) is 7.79. The number of halogens is 1. The van der Waals surface area contributed by atoms with Crippen LogP contribution in [0.1, 0.15) is 11.1 Å². The predicted molar refractivity (Wildman–Crippen MR) is 87.1 cm³/mol. The van der Waals surface area contributed by atoms with Crippen molar-refractivity contribution in [1.29, 1.82) is 0 Å². The molecule has 0 aromatic heterocycles. The van der Waals surface area contributed by atoms with Gasteiger partial charge in [-0.1, -0.05) is 12.1 Å². The number of para-hydroxylation sites is 1. The molecule has 0 saturated heterocycles. The summed E-state index contributed by atoms with van der Waals surface area (Å²) in [6.07, 6.45) is 1.49. The van der Waals surface area contributed by atoms with Gasteiger partial charge in [0.25, 0.3) is 0 Å². The Morgan fingerprint density at radius 3 is 2.65 bits per heavy atom. The van der Waals surface area contributed by atoms with E-state index in [1.807, 2.05) is 0 Å². The summed E-state index contributed by atoms with van der Waals surface area (Å²) in [5.41, 5.74) is 11.9. The molecule has 0 unspecified atom stereocenters. The summed E-state index contributed by atoms with van der Waals surface area (Å²) in [5.74, 6) is 0.254. The minimum atomic E-state index is -0.419. The van der Waals surface area contributed by atoms with E-state index in [1.54, 1.807) is 43.5 Å². The second-order valence-electron chi connectivity index (χ2n) is 4.56. The number of rotatable bonds is 6. The Labute approximate surface area is 133 Å². The van der Waals surface area contributed by atoms with Crippen LogP contribution in [0.25, 0.3) is 0 Å². The third-order valence-electron chi connectivity index (χ3n) is 2.90. The number of ether oxygens (including phenoxy) is 2. The summed E-state index contributed by atoms with van der Waals surface area (Å²) in [4.78, 5) is 0. The van der Waals surface area contributed by atoms with Crippen molar-refractivity contribution in [2.24, 2.45) is 21.7 Å². The van der Waals surface area contributed by atoms with Gasteiger partial charge in [0.1, 0.15) is 12.4 Å². The van der Waals surface area contributed by atoms with Gasteiger partial charge in [0.05, 0.1) is 13.3 Å². The number of hydrogen-bond donors (Lipinski definition) is 2. The molecule has 2 rings (SSSR count). The van der Waals surface area contributed by atoms with E-state index in [9.17, 15) is 4.39 Å². The van der Waals surface area contributed by atoms with Gasteiger partial charge in [-0.15, -0.1) is 5.10 Å². The van der Waals surface area contributed by atoms with Gasteiger partial charge in [-0.3, -0.25) is 0 Å². The topological polar surface area (TPSA) is 95.2 Å². The van der Waals surface area contributed by atoms with E-state index in [1.165, 1.54) is 12.3 Å². The lowest BCUT2D eigenvalue weighted by atomic mass is 10.1. The molecule has 0 spiro atoms. The van der Waals surface area contributed by atoms with E-state index in [2.05, 4.69) is 10.2 Å². The van der Waals surface area contributed by atoms with Crippen molar-refractivity contribution in [3.05, 3.63) is 59.4 Å². The van der Waals surface area contributed by atoms with Gasteiger partial charge in [0.2, 0.25) is 5.96 Å². The molecule has 0 aliphatic heterocycles. The van der Waals surface area contributed by atoms with E-state index in [0.717, 1.165) is 11.1 Å². The third kappa shape index (κ3) is 4.70. The van der Waals surface area contributed by atoms with E-state index in [0.29, 0.717) is 5.75 Å². The maximum Gasteiger partial charge on any atom is 0.211 e. The molecule has 0 fully saturated rings. The lowest BCUT2D eigenvalue weighted by Gasteiger charge is -2.11. The van der Waals surface area contributed by atoms with Crippen LogP contribution in [0, 0.1) is 5.82 Å². The Balaban J connectivity index is 2.17. The van der Waals surface area contributed by atoms with Gasteiger partial charge < -0.3 is 20.9 Å². The Morgan fingerprint density at radius 1 is 1.17 bits per heavy atom. The van der Waals surface area contributed by atoms with Crippen LogP contribution in [0.3, 0.4) is 0 Å². The van der Waals surface area contributed by atoms with Crippen molar-refractivity contribution >= 4 is 12.2 Å². The van der Waals surface area contributed by atoms with Crippen LogP contribution in [0.5, 0.6) is 11.5 Å². The highest BCUT2D eigenvalue weighted by atomic mass is 19.1. The van der Waals surface area contributed by atoms with Crippen molar-refractivity contribution < 1.29 is 13.9 Å². The Bertz CT molecular complexity index is 728. The molecule has 2 aromatic rings. The predicted octanol–water partition coefficient (Wildman–Crippen LogP) is 2.02. The molecule has 23 heavy (non-hydrogen) atoms. The van der Waals surface area contributed by atoms with E-state index < -0.39 is 5.82 Å². The van der Waals surface area contributed by atoms with E-state index in [-0.39, 0.29) is 18.3 Å². The highest BCUT2D eigenvalue weighted by Crippen LogP contribution is 2.23. The molecule has 6 nitrogen and oxygen atoms in total. The fourth-order valence-corrected chi connectivity index (χ4v) is 1.87. The molecule has 0 aliphatic carbocycles. The first-order chi connectivity index (χ1) is 11.1. The van der Waals surface area contributed by atoms with Gasteiger partial charge in [0.15, 0.2) is 11.6 Å². The molecular formula is C16H17FN4O2. The molecule has 120 valence electrons. The van der Waals surface area contributed by atoms with Crippen molar-refractivity contribution in [1.82, 2.24) is 0 Å². The minimum Gasteiger partial charge on any atom is -0.496 e. The normalized spacial score (nSPS) is 10.5. The smallest absolute Gasteiger partial charge is 0.211 e. The number of benzene rings is 2. The SMILES string of the molecule is COc1ccc(C=NN=C(N)N)cc1COc1ccccc1F. The highest BCUT2D eigenvalue weighted by Gasteiger charge is 2.07. The molecule has 0 saturated carbocycles. The van der Waals surface area contributed by atoms with Crippen LogP contribution >= 0.6 is 0 Å². The Morgan fingerprint density at radius 2 is 1.96 bits per heavy atom. The van der Waals surface area contributed by atoms with Gasteiger partial charge >= 0.3 is 0 Å². The van der Waals surface area contributed by atoms with E-state index in [4.69, 9.17) is 20.9 Å². The summed E-state index contributed by atoms with van der Waals surface area (Å²) in [6.45, 7) is 0.147. The standard InChI is InChI=1S/C16H17FN4O2/c1-22-14-7-6-11(9-20-21-16(18)19)8-12(14)10-23-15-5-3-2-4-13(15)17/h2-9H,10H2,1H3,(H4,18,19,21). The number of methoxy groups -OCH3 is 1. The average molecular weight is 316 g/mol. The monoisotopic (exact) mass is 316 g/mol. The molecule has 2 aromatic carbocycles. The number of nitrogens with zero attached hydrogens (tertiary/aromatic N) is 2. The molecule has 7 heteroatoms. The molecule has 0 amide bonds. The number of nitrogens with two attached hydrogens (primary N) is 2.